The van der Waals surface area contributed by atoms with Gasteiger partial charge in [0.15, 0.2) is 6.61 Å². The lowest BCUT2D eigenvalue weighted by Gasteiger charge is -2.09. The highest BCUT2D eigenvalue weighted by atomic mass is 16.5. The van der Waals surface area contributed by atoms with Gasteiger partial charge in [0.2, 0.25) is 0 Å². The highest BCUT2D eigenvalue weighted by Gasteiger charge is 2.14. The molecule has 0 aromatic heterocycles. The highest BCUT2D eigenvalue weighted by molar-refractivity contribution is 5.98. The monoisotopic (exact) mass is 370 g/mol. The van der Waals surface area contributed by atoms with Gasteiger partial charge in [0.25, 0.3) is 11.8 Å². The third-order valence-corrected chi connectivity index (χ3v) is 3.72. The number of ether oxygens (including phenoxy) is 2. The molecule has 0 aliphatic heterocycles. The van der Waals surface area contributed by atoms with E-state index in [9.17, 15) is 14.4 Å². The second kappa shape index (κ2) is 9.96. The van der Waals surface area contributed by atoms with Crippen LogP contribution in [0.15, 0.2) is 48.5 Å². The number of methoxy groups -OCH3 is 1. The largest absolute Gasteiger partial charge is 0.496 e. The van der Waals surface area contributed by atoms with Gasteiger partial charge in [-0.1, -0.05) is 42.0 Å². The van der Waals surface area contributed by atoms with Crippen molar-refractivity contribution in [3.8, 4) is 5.75 Å². The molecular weight excluding hydrogens is 348 g/mol. The van der Waals surface area contributed by atoms with E-state index in [4.69, 9.17) is 9.47 Å². The number of nitrogens with one attached hydrogen (secondary N) is 2. The maximum absolute atomic E-state index is 12.1. The maximum Gasteiger partial charge on any atom is 0.325 e. The van der Waals surface area contributed by atoms with Crippen LogP contribution in [0.4, 0.5) is 0 Å². The summed E-state index contributed by atoms with van der Waals surface area (Å²) < 4.78 is 9.95. The predicted molar refractivity (Wildman–Crippen MR) is 99.3 cm³/mol. The molecule has 7 heteroatoms. The fourth-order valence-electron chi connectivity index (χ4n) is 2.23. The van der Waals surface area contributed by atoms with Crippen LogP contribution in [0.3, 0.4) is 0 Å². The topological polar surface area (TPSA) is 93.7 Å². The zero-order valence-corrected chi connectivity index (χ0v) is 15.3. The van der Waals surface area contributed by atoms with Crippen molar-refractivity contribution in [2.45, 2.75) is 13.5 Å². The van der Waals surface area contributed by atoms with E-state index in [1.807, 2.05) is 31.2 Å². The molecule has 2 amide bonds. The first-order valence-electron chi connectivity index (χ1n) is 8.38. The molecule has 27 heavy (non-hydrogen) atoms. The number of carbonyl (C=O) groups is 3. The number of hydrogen-bond donors (Lipinski definition) is 2. The summed E-state index contributed by atoms with van der Waals surface area (Å²) in [7, 11) is 1.45. The van der Waals surface area contributed by atoms with Gasteiger partial charge in [-0.2, -0.15) is 0 Å². The summed E-state index contributed by atoms with van der Waals surface area (Å²) in [6.07, 6.45) is 0. The predicted octanol–water partition coefficient (Wildman–Crippen LogP) is 1.59. The summed E-state index contributed by atoms with van der Waals surface area (Å²) in [5.74, 6) is -1.18. The van der Waals surface area contributed by atoms with Crippen LogP contribution in [-0.2, 0) is 20.9 Å². The first kappa shape index (κ1) is 20.0. The molecule has 0 atom stereocenters. The van der Waals surface area contributed by atoms with Gasteiger partial charge in [-0.05, 0) is 24.6 Å². The number of carbonyl (C=O) groups excluding carboxylic acids is 3. The molecule has 0 radical (unpaired) electrons. The molecular formula is C20H22N2O5. The highest BCUT2D eigenvalue weighted by Crippen LogP contribution is 2.16. The van der Waals surface area contributed by atoms with E-state index in [-0.39, 0.29) is 6.54 Å². The average molecular weight is 370 g/mol. The van der Waals surface area contributed by atoms with Crippen molar-refractivity contribution in [3.05, 3.63) is 65.2 Å². The minimum absolute atomic E-state index is 0.309. The normalized spacial score (nSPS) is 10.0. The van der Waals surface area contributed by atoms with Gasteiger partial charge >= 0.3 is 5.97 Å². The zero-order valence-electron chi connectivity index (χ0n) is 15.3. The molecule has 0 saturated carbocycles. The number of para-hydroxylation sites is 1. The third-order valence-electron chi connectivity index (χ3n) is 3.72. The summed E-state index contributed by atoms with van der Waals surface area (Å²) in [5, 5.41) is 5.09. The summed E-state index contributed by atoms with van der Waals surface area (Å²) >= 11 is 0. The smallest absolute Gasteiger partial charge is 0.325 e. The quantitative estimate of drug-likeness (QED) is 0.689. The second-order valence-electron chi connectivity index (χ2n) is 5.81. The molecule has 0 spiro atoms. The Hall–Kier alpha value is -3.35. The molecule has 0 fully saturated rings. The van der Waals surface area contributed by atoms with E-state index in [1.54, 1.807) is 24.3 Å². The maximum atomic E-state index is 12.1. The third kappa shape index (κ3) is 6.47. The Morgan fingerprint density at radius 2 is 1.67 bits per heavy atom. The van der Waals surface area contributed by atoms with Crippen molar-refractivity contribution in [1.29, 1.82) is 0 Å². The van der Waals surface area contributed by atoms with E-state index in [1.165, 1.54) is 7.11 Å². The summed E-state index contributed by atoms with van der Waals surface area (Å²) in [6.45, 7) is 1.58. The average Bonchev–Trinajstić information content (AvgIpc) is 2.69. The molecule has 0 aliphatic carbocycles. The Kier molecular flexibility index (Phi) is 7.37. The molecule has 0 saturated heterocycles. The van der Waals surface area contributed by atoms with Crippen molar-refractivity contribution in [2.75, 3.05) is 20.3 Å². The van der Waals surface area contributed by atoms with E-state index in [0.717, 1.165) is 11.1 Å². The van der Waals surface area contributed by atoms with Gasteiger partial charge in [0.05, 0.1) is 12.7 Å². The van der Waals surface area contributed by atoms with E-state index in [0.29, 0.717) is 17.9 Å². The first-order chi connectivity index (χ1) is 13.0. The Morgan fingerprint density at radius 3 is 2.37 bits per heavy atom. The van der Waals surface area contributed by atoms with Crippen LogP contribution >= 0.6 is 0 Å². The number of benzene rings is 2. The van der Waals surface area contributed by atoms with Gasteiger partial charge in [-0.25, -0.2) is 0 Å². The number of hydrogen-bond acceptors (Lipinski definition) is 5. The molecule has 0 heterocycles. The summed E-state index contributed by atoms with van der Waals surface area (Å²) in [4.78, 5) is 35.5. The number of esters is 1. The Bertz CT molecular complexity index is 802. The van der Waals surface area contributed by atoms with Crippen LogP contribution in [0.2, 0.25) is 0 Å². The Labute approximate surface area is 157 Å². The standard InChI is InChI=1S/C20H22N2O5/c1-14-7-9-15(10-8-14)11-21-18(23)13-27-19(24)12-22-20(25)16-5-3-4-6-17(16)26-2/h3-10H,11-13H2,1-2H3,(H,21,23)(H,22,25). The number of rotatable bonds is 8. The van der Waals surface area contributed by atoms with Crippen LogP contribution in [0.25, 0.3) is 0 Å². The van der Waals surface area contributed by atoms with Crippen molar-refractivity contribution in [2.24, 2.45) is 0 Å². The fourth-order valence-corrected chi connectivity index (χ4v) is 2.23. The lowest BCUT2D eigenvalue weighted by molar-refractivity contribution is -0.147. The Balaban J connectivity index is 1.70. The summed E-state index contributed by atoms with van der Waals surface area (Å²) in [5.41, 5.74) is 2.39. The molecule has 7 nitrogen and oxygen atoms in total. The molecule has 0 unspecified atom stereocenters. The lowest BCUT2D eigenvalue weighted by atomic mass is 10.1. The van der Waals surface area contributed by atoms with Crippen molar-refractivity contribution in [1.82, 2.24) is 10.6 Å². The number of amides is 2. The Morgan fingerprint density at radius 1 is 0.963 bits per heavy atom. The van der Waals surface area contributed by atoms with E-state index in [2.05, 4.69) is 10.6 Å². The molecule has 0 aliphatic rings. The molecule has 142 valence electrons. The minimum Gasteiger partial charge on any atom is -0.496 e. The second-order valence-corrected chi connectivity index (χ2v) is 5.81. The van der Waals surface area contributed by atoms with Crippen LogP contribution in [0.1, 0.15) is 21.5 Å². The minimum atomic E-state index is -0.705. The molecule has 0 bridgehead atoms. The lowest BCUT2D eigenvalue weighted by Crippen LogP contribution is -2.33. The van der Waals surface area contributed by atoms with Crippen molar-refractivity contribution in [3.63, 3.8) is 0 Å². The molecule has 2 N–H and O–H groups in total. The molecule has 2 aromatic rings. The van der Waals surface area contributed by atoms with Gasteiger partial charge < -0.3 is 20.1 Å². The van der Waals surface area contributed by atoms with Gasteiger partial charge in [0.1, 0.15) is 12.3 Å². The van der Waals surface area contributed by atoms with Crippen LogP contribution in [0, 0.1) is 6.92 Å². The van der Waals surface area contributed by atoms with Crippen molar-refractivity contribution >= 4 is 17.8 Å². The molecule has 2 rings (SSSR count). The molecule has 2 aromatic carbocycles. The summed E-state index contributed by atoms with van der Waals surface area (Å²) in [6, 6.07) is 14.4. The van der Waals surface area contributed by atoms with Crippen LogP contribution in [0.5, 0.6) is 5.75 Å². The number of aryl methyl sites for hydroxylation is 1. The van der Waals surface area contributed by atoms with Gasteiger partial charge in [-0.3, -0.25) is 14.4 Å². The SMILES string of the molecule is COc1ccccc1C(=O)NCC(=O)OCC(=O)NCc1ccc(C)cc1. The van der Waals surface area contributed by atoms with Gasteiger partial charge in [-0.15, -0.1) is 0 Å². The zero-order chi connectivity index (χ0) is 19.6. The van der Waals surface area contributed by atoms with Crippen LogP contribution in [-0.4, -0.2) is 38.0 Å². The van der Waals surface area contributed by atoms with Crippen LogP contribution < -0.4 is 15.4 Å². The van der Waals surface area contributed by atoms with Gasteiger partial charge in [0, 0.05) is 6.54 Å². The van der Waals surface area contributed by atoms with E-state index < -0.39 is 24.4 Å². The van der Waals surface area contributed by atoms with Crippen molar-refractivity contribution < 1.29 is 23.9 Å². The first-order valence-corrected chi connectivity index (χ1v) is 8.38. The van der Waals surface area contributed by atoms with E-state index >= 15 is 0 Å². The fraction of sp³-hybridized carbons (Fsp3) is 0.250.